The molecule has 2 aromatic heterocycles. The minimum Gasteiger partial charge on any atom is -0.383 e. The van der Waals surface area contributed by atoms with Crippen molar-refractivity contribution in [1.29, 1.82) is 0 Å². The van der Waals surface area contributed by atoms with Crippen molar-refractivity contribution in [2.75, 3.05) is 13.7 Å². The number of nitrogens with one attached hydrogen (secondary N) is 1. The smallest absolute Gasteiger partial charge is 0.278 e. The molecule has 0 aliphatic rings. The molecule has 0 fully saturated rings. The molecule has 0 aliphatic carbocycles. The first-order chi connectivity index (χ1) is 11.2. The number of H-pyrrole nitrogens is 1. The summed E-state index contributed by atoms with van der Waals surface area (Å²) in [4.78, 5) is 20.9. The van der Waals surface area contributed by atoms with Gasteiger partial charge in [0.2, 0.25) is 0 Å². The fourth-order valence-corrected chi connectivity index (χ4v) is 3.48. The number of hydrogen-bond acceptors (Lipinski definition) is 4. The number of ether oxygens (including phenoxy) is 1. The minimum atomic E-state index is -0.0333. The number of hydrogen-bond donors (Lipinski definition) is 1. The van der Waals surface area contributed by atoms with E-state index in [0.29, 0.717) is 23.9 Å². The Morgan fingerprint density at radius 1 is 1.39 bits per heavy atom. The number of thioether (sulfide) groups is 1. The Hall–Kier alpha value is -1.79. The minimum absolute atomic E-state index is 0.0333. The zero-order valence-corrected chi connectivity index (χ0v) is 14.4. The molecule has 1 atom stereocenters. The van der Waals surface area contributed by atoms with Gasteiger partial charge in [0, 0.05) is 23.3 Å². The molecule has 5 nitrogen and oxygen atoms in total. The number of para-hydroxylation sites is 1. The van der Waals surface area contributed by atoms with E-state index in [1.807, 2.05) is 24.3 Å². The Bertz CT molecular complexity index is 885. The SMILES string of the molecule is CCC(C)Sc1nc2c([nH]c3ccccc32)c(=O)n1CCOC. The van der Waals surface area contributed by atoms with Gasteiger partial charge in [-0.05, 0) is 12.5 Å². The topological polar surface area (TPSA) is 59.9 Å². The Balaban J connectivity index is 2.24. The highest BCUT2D eigenvalue weighted by molar-refractivity contribution is 7.99. The highest BCUT2D eigenvalue weighted by Crippen LogP contribution is 2.27. The molecule has 0 aliphatic heterocycles. The van der Waals surface area contributed by atoms with E-state index in [2.05, 4.69) is 18.8 Å². The lowest BCUT2D eigenvalue weighted by Crippen LogP contribution is -2.25. The number of aromatic nitrogens is 3. The predicted molar refractivity (Wildman–Crippen MR) is 95.3 cm³/mol. The fraction of sp³-hybridized carbons (Fsp3) is 0.412. The van der Waals surface area contributed by atoms with E-state index in [0.717, 1.165) is 28.0 Å². The molecule has 1 N–H and O–H groups in total. The van der Waals surface area contributed by atoms with E-state index in [1.54, 1.807) is 23.4 Å². The van der Waals surface area contributed by atoms with Gasteiger partial charge in [-0.1, -0.05) is 43.8 Å². The van der Waals surface area contributed by atoms with Crippen molar-refractivity contribution in [3.63, 3.8) is 0 Å². The Labute approximate surface area is 139 Å². The maximum absolute atomic E-state index is 12.9. The molecular weight excluding hydrogens is 310 g/mol. The van der Waals surface area contributed by atoms with Crippen LogP contribution in [0.15, 0.2) is 34.2 Å². The normalized spacial score (nSPS) is 13.0. The van der Waals surface area contributed by atoms with E-state index in [1.165, 1.54) is 0 Å². The van der Waals surface area contributed by atoms with Gasteiger partial charge in [-0.25, -0.2) is 4.98 Å². The molecule has 0 radical (unpaired) electrons. The van der Waals surface area contributed by atoms with E-state index >= 15 is 0 Å². The van der Waals surface area contributed by atoms with Gasteiger partial charge in [0.1, 0.15) is 11.0 Å². The Kier molecular flexibility index (Phi) is 4.73. The molecule has 0 spiro atoms. The first-order valence-corrected chi connectivity index (χ1v) is 8.70. The van der Waals surface area contributed by atoms with Crippen LogP contribution in [-0.2, 0) is 11.3 Å². The van der Waals surface area contributed by atoms with Gasteiger partial charge in [0.15, 0.2) is 5.16 Å². The summed E-state index contributed by atoms with van der Waals surface area (Å²) in [7, 11) is 1.64. The maximum Gasteiger partial charge on any atom is 0.278 e. The van der Waals surface area contributed by atoms with Crippen LogP contribution >= 0.6 is 11.8 Å². The van der Waals surface area contributed by atoms with Crippen LogP contribution in [0.4, 0.5) is 0 Å². The van der Waals surface area contributed by atoms with Gasteiger partial charge in [-0.3, -0.25) is 9.36 Å². The first kappa shape index (κ1) is 16.1. The highest BCUT2D eigenvalue weighted by Gasteiger charge is 2.17. The third-order valence-corrected chi connectivity index (χ3v) is 5.23. The van der Waals surface area contributed by atoms with Gasteiger partial charge >= 0.3 is 0 Å². The monoisotopic (exact) mass is 331 g/mol. The Morgan fingerprint density at radius 3 is 2.91 bits per heavy atom. The molecule has 1 aromatic carbocycles. The molecule has 2 heterocycles. The van der Waals surface area contributed by atoms with Gasteiger partial charge in [0.05, 0.1) is 13.2 Å². The predicted octanol–water partition coefficient (Wildman–Crippen LogP) is 3.41. The molecule has 3 aromatic rings. The summed E-state index contributed by atoms with van der Waals surface area (Å²) >= 11 is 1.64. The first-order valence-electron chi connectivity index (χ1n) is 7.82. The van der Waals surface area contributed by atoms with Crippen molar-refractivity contribution in [3.8, 4) is 0 Å². The molecule has 0 amide bonds. The van der Waals surface area contributed by atoms with Gasteiger partial charge in [0.25, 0.3) is 5.56 Å². The summed E-state index contributed by atoms with van der Waals surface area (Å²) in [5, 5.41) is 2.15. The molecule has 3 rings (SSSR count). The van der Waals surface area contributed by atoms with Gasteiger partial charge < -0.3 is 9.72 Å². The molecule has 1 unspecified atom stereocenters. The second-order valence-electron chi connectivity index (χ2n) is 5.57. The van der Waals surface area contributed by atoms with Crippen molar-refractivity contribution < 1.29 is 4.74 Å². The molecular formula is C17H21N3O2S. The summed E-state index contributed by atoms with van der Waals surface area (Å²) in [6.45, 7) is 5.28. The van der Waals surface area contributed by atoms with Crippen molar-refractivity contribution in [3.05, 3.63) is 34.6 Å². The largest absolute Gasteiger partial charge is 0.383 e. The summed E-state index contributed by atoms with van der Waals surface area (Å²) in [6, 6.07) is 7.89. The third kappa shape index (κ3) is 3.01. The Morgan fingerprint density at radius 2 is 2.17 bits per heavy atom. The van der Waals surface area contributed by atoms with Gasteiger partial charge in [-0.2, -0.15) is 0 Å². The molecule has 0 saturated heterocycles. The molecule has 0 bridgehead atoms. The quantitative estimate of drug-likeness (QED) is 0.555. The van der Waals surface area contributed by atoms with Crippen molar-refractivity contribution >= 4 is 33.7 Å². The van der Waals surface area contributed by atoms with Crippen LogP contribution < -0.4 is 5.56 Å². The summed E-state index contributed by atoms with van der Waals surface area (Å²) in [5.74, 6) is 0. The van der Waals surface area contributed by atoms with Crippen LogP contribution in [0.5, 0.6) is 0 Å². The van der Waals surface area contributed by atoms with Gasteiger partial charge in [-0.15, -0.1) is 0 Å². The van der Waals surface area contributed by atoms with Crippen molar-refractivity contribution in [2.24, 2.45) is 0 Å². The number of nitrogens with zero attached hydrogens (tertiary/aromatic N) is 2. The lowest BCUT2D eigenvalue weighted by molar-refractivity contribution is 0.183. The summed E-state index contributed by atoms with van der Waals surface area (Å²) in [6.07, 6.45) is 1.02. The van der Waals surface area contributed by atoms with Crippen LogP contribution in [-0.4, -0.2) is 33.5 Å². The summed E-state index contributed by atoms with van der Waals surface area (Å²) < 4.78 is 6.87. The van der Waals surface area contributed by atoms with Crippen LogP contribution in [0.1, 0.15) is 20.3 Å². The molecule has 23 heavy (non-hydrogen) atoms. The van der Waals surface area contributed by atoms with E-state index < -0.39 is 0 Å². The average molecular weight is 331 g/mol. The van der Waals surface area contributed by atoms with E-state index in [9.17, 15) is 4.79 Å². The lowest BCUT2D eigenvalue weighted by atomic mass is 10.2. The van der Waals surface area contributed by atoms with Crippen LogP contribution in [0.25, 0.3) is 21.9 Å². The number of benzene rings is 1. The molecule has 122 valence electrons. The van der Waals surface area contributed by atoms with Crippen LogP contribution in [0.3, 0.4) is 0 Å². The van der Waals surface area contributed by atoms with Crippen LogP contribution in [0.2, 0.25) is 0 Å². The number of methoxy groups -OCH3 is 1. The van der Waals surface area contributed by atoms with Crippen molar-refractivity contribution in [1.82, 2.24) is 14.5 Å². The molecule has 0 saturated carbocycles. The van der Waals surface area contributed by atoms with E-state index in [4.69, 9.17) is 9.72 Å². The third-order valence-electron chi connectivity index (χ3n) is 3.98. The second kappa shape index (κ2) is 6.76. The lowest BCUT2D eigenvalue weighted by Gasteiger charge is -2.14. The number of fused-ring (bicyclic) bond motifs is 3. The second-order valence-corrected chi connectivity index (χ2v) is 6.98. The fourth-order valence-electron chi connectivity index (χ4n) is 2.51. The molecule has 6 heteroatoms. The summed E-state index contributed by atoms with van der Waals surface area (Å²) in [5.41, 5.74) is 2.23. The highest BCUT2D eigenvalue weighted by atomic mass is 32.2. The number of aromatic amines is 1. The zero-order valence-electron chi connectivity index (χ0n) is 13.6. The number of rotatable bonds is 6. The zero-order chi connectivity index (χ0) is 16.4. The van der Waals surface area contributed by atoms with Crippen LogP contribution in [0, 0.1) is 0 Å². The average Bonchev–Trinajstić information content (AvgIpc) is 2.93. The van der Waals surface area contributed by atoms with E-state index in [-0.39, 0.29) is 5.56 Å². The standard InChI is InChI=1S/C17H21N3O2S/c1-4-11(2)23-17-19-14-12-7-5-6-8-13(12)18-15(14)16(21)20(17)9-10-22-3/h5-8,11,18H,4,9-10H2,1-3H3. The van der Waals surface area contributed by atoms with Crippen molar-refractivity contribution in [2.45, 2.75) is 37.2 Å². The maximum atomic E-state index is 12.9.